The van der Waals surface area contributed by atoms with Crippen molar-refractivity contribution >= 4 is 0 Å². The van der Waals surface area contributed by atoms with Gasteiger partial charge < -0.3 is 10.2 Å². The van der Waals surface area contributed by atoms with Crippen molar-refractivity contribution in [2.45, 2.75) is 57.5 Å². The molecule has 2 heterocycles. The zero-order valence-corrected chi connectivity index (χ0v) is 12.6. The molecule has 0 amide bonds. The van der Waals surface area contributed by atoms with E-state index in [0.717, 1.165) is 18.0 Å². The first-order valence-electron chi connectivity index (χ1n) is 8.56. The van der Waals surface area contributed by atoms with E-state index in [9.17, 15) is 0 Å². The van der Waals surface area contributed by atoms with Crippen LogP contribution in [-0.4, -0.2) is 61.2 Å². The van der Waals surface area contributed by atoms with Gasteiger partial charge in [0.2, 0.25) is 0 Å². The number of fused-ring (bicyclic) bond motifs is 1. The van der Waals surface area contributed by atoms with Gasteiger partial charge in [-0.05, 0) is 70.6 Å². The van der Waals surface area contributed by atoms with Gasteiger partial charge in [-0.15, -0.1) is 0 Å². The molecule has 1 aliphatic carbocycles. The van der Waals surface area contributed by atoms with Gasteiger partial charge in [-0.25, -0.2) is 0 Å². The Morgan fingerprint density at radius 2 is 1.95 bits per heavy atom. The predicted molar refractivity (Wildman–Crippen MR) is 80.5 cm³/mol. The fourth-order valence-electron chi connectivity index (χ4n) is 3.94. The fraction of sp³-hybridized carbons (Fsp3) is 1.00. The number of hydrogen-bond donors (Lipinski definition) is 1. The maximum atomic E-state index is 3.80. The summed E-state index contributed by atoms with van der Waals surface area (Å²) in [4.78, 5) is 5.51. The van der Waals surface area contributed by atoms with Crippen LogP contribution in [-0.2, 0) is 0 Å². The standard InChI is InChI=1S/C16H31N3/c1-2-8-17-16(14-6-7-14)13-18-9-4-11-19-10-3-5-15(19)12-18/h14-17H,2-13H2,1H3. The number of rotatable bonds is 6. The van der Waals surface area contributed by atoms with E-state index in [1.807, 2.05) is 0 Å². The predicted octanol–water partition coefficient (Wildman–Crippen LogP) is 1.93. The van der Waals surface area contributed by atoms with Crippen molar-refractivity contribution in [2.24, 2.45) is 5.92 Å². The van der Waals surface area contributed by atoms with E-state index in [0.29, 0.717) is 0 Å². The zero-order chi connectivity index (χ0) is 13.1. The Morgan fingerprint density at radius 3 is 2.74 bits per heavy atom. The summed E-state index contributed by atoms with van der Waals surface area (Å²) in [5, 5.41) is 3.80. The summed E-state index contributed by atoms with van der Waals surface area (Å²) >= 11 is 0. The van der Waals surface area contributed by atoms with Crippen LogP contribution in [0.3, 0.4) is 0 Å². The number of nitrogens with zero attached hydrogens (tertiary/aromatic N) is 2. The smallest absolute Gasteiger partial charge is 0.0223 e. The Hall–Kier alpha value is -0.120. The Kier molecular flexibility index (Phi) is 4.78. The normalized spacial score (nSPS) is 31.1. The van der Waals surface area contributed by atoms with E-state index in [1.54, 1.807) is 0 Å². The van der Waals surface area contributed by atoms with Crippen LogP contribution in [0, 0.1) is 5.92 Å². The molecule has 2 unspecified atom stereocenters. The van der Waals surface area contributed by atoms with Gasteiger partial charge >= 0.3 is 0 Å². The molecule has 0 radical (unpaired) electrons. The molecule has 3 nitrogen and oxygen atoms in total. The molecule has 110 valence electrons. The summed E-state index contributed by atoms with van der Waals surface area (Å²) in [5.74, 6) is 0.981. The van der Waals surface area contributed by atoms with Crippen molar-refractivity contribution in [3.63, 3.8) is 0 Å². The second-order valence-electron chi connectivity index (χ2n) is 6.84. The van der Waals surface area contributed by atoms with Gasteiger partial charge in [0.25, 0.3) is 0 Å². The van der Waals surface area contributed by atoms with Crippen molar-refractivity contribution in [3.05, 3.63) is 0 Å². The minimum Gasteiger partial charge on any atom is -0.312 e. The summed E-state index contributed by atoms with van der Waals surface area (Å²) in [6.45, 7) is 10.1. The average Bonchev–Trinajstić information content (AvgIpc) is 3.20. The van der Waals surface area contributed by atoms with Crippen LogP contribution in [0.15, 0.2) is 0 Å². The highest BCUT2D eigenvalue weighted by Crippen LogP contribution is 2.33. The molecule has 2 saturated heterocycles. The molecule has 1 saturated carbocycles. The maximum absolute atomic E-state index is 3.80. The van der Waals surface area contributed by atoms with Gasteiger partial charge in [0.1, 0.15) is 0 Å². The van der Waals surface area contributed by atoms with E-state index in [1.165, 1.54) is 77.8 Å². The minimum atomic E-state index is 0.771. The van der Waals surface area contributed by atoms with Gasteiger partial charge in [-0.3, -0.25) is 4.90 Å². The molecule has 0 bridgehead atoms. The van der Waals surface area contributed by atoms with E-state index in [-0.39, 0.29) is 0 Å². The highest BCUT2D eigenvalue weighted by atomic mass is 15.3. The molecule has 0 aromatic carbocycles. The third-order valence-corrected chi connectivity index (χ3v) is 5.19. The fourth-order valence-corrected chi connectivity index (χ4v) is 3.94. The largest absolute Gasteiger partial charge is 0.312 e. The van der Waals surface area contributed by atoms with Gasteiger partial charge in [0.15, 0.2) is 0 Å². The van der Waals surface area contributed by atoms with Crippen molar-refractivity contribution < 1.29 is 0 Å². The third kappa shape index (κ3) is 3.71. The van der Waals surface area contributed by atoms with E-state index >= 15 is 0 Å². The molecular formula is C16H31N3. The zero-order valence-electron chi connectivity index (χ0n) is 12.6. The summed E-state index contributed by atoms with van der Waals surface area (Å²) in [5.41, 5.74) is 0. The van der Waals surface area contributed by atoms with Crippen LogP contribution >= 0.6 is 0 Å². The highest BCUT2D eigenvalue weighted by molar-refractivity contribution is 4.91. The van der Waals surface area contributed by atoms with Crippen molar-refractivity contribution in [3.8, 4) is 0 Å². The molecule has 2 atom stereocenters. The summed E-state index contributed by atoms with van der Waals surface area (Å²) in [7, 11) is 0. The molecule has 3 aliphatic rings. The molecular weight excluding hydrogens is 234 g/mol. The van der Waals surface area contributed by atoms with Gasteiger partial charge in [0.05, 0.1) is 0 Å². The third-order valence-electron chi connectivity index (χ3n) is 5.19. The molecule has 3 fully saturated rings. The number of hydrogen-bond acceptors (Lipinski definition) is 3. The summed E-state index contributed by atoms with van der Waals surface area (Å²) in [6.07, 6.45) is 8.43. The van der Waals surface area contributed by atoms with Crippen LogP contribution in [0.4, 0.5) is 0 Å². The maximum Gasteiger partial charge on any atom is 0.0223 e. The van der Waals surface area contributed by atoms with Crippen LogP contribution in [0.1, 0.15) is 45.4 Å². The van der Waals surface area contributed by atoms with Crippen LogP contribution in [0.25, 0.3) is 0 Å². The van der Waals surface area contributed by atoms with Crippen LogP contribution < -0.4 is 5.32 Å². The Labute approximate surface area is 118 Å². The molecule has 3 heteroatoms. The Morgan fingerprint density at radius 1 is 1.11 bits per heavy atom. The van der Waals surface area contributed by atoms with E-state index in [4.69, 9.17) is 0 Å². The van der Waals surface area contributed by atoms with Crippen molar-refractivity contribution in [2.75, 3.05) is 39.3 Å². The van der Waals surface area contributed by atoms with Gasteiger partial charge in [0, 0.05) is 25.2 Å². The first-order chi connectivity index (χ1) is 9.36. The molecule has 2 aliphatic heterocycles. The lowest BCUT2D eigenvalue weighted by Crippen LogP contribution is -2.45. The monoisotopic (exact) mass is 265 g/mol. The highest BCUT2D eigenvalue weighted by Gasteiger charge is 2.34. The first kappa shape index (κ1) is 13.8. The van der Waals surface area contributed by atoms with Crippen LogP contribution in [0.5, 0.6) is 0 Å². The molecule has 0 aromatic heterocycles. The van der Waals surface area contributed by atoms with Gasteiger partial charge in [-0.2, -0.15) is 0 Å². The van der Waals surface area contributed by atoms with E-state index < -0.39 is 0 Å². The van der Waals surface area contributed by atoms with Crippen molar-refractivity contribution in [1.82, 2.24) is 15.1 Å². The molecule has 0 aromatic rings. The second-order valence-corrected chi connectivity index (χ2v) is 6.84. The van der Waals surface area contributed by atoms with E-state index in [2.05, 4.69) is 22.0 Å². The quantitative estimate of drug-likeness (QED) is 0.792. The SMILES string of the molecule is CCCNC(CN1CCCN2CCCC2C1)C1CC1. The molecule has 19 heavy (non-hydrogen) atoms. The minimum absolute atomic E-state index is 0.771. The second kappa shape index (κ2) is 6.55. The lowest BCUT2D eigenvalue weighted by atomic mass is 10.1. The topological polar surface area (TPSA) is 18.5 Å². The molecule has 1 N–H and O–H groups in total. The Bertz CT molecular complexity index is 277. The molecule has 0 spiro atoms. The number of nitrogens with one attached hydrogen (secondary N) is 1. The van der Waals surface area contributed by atoms with Crippen molar-refractivity contribution in [1.29, 1.82) is 0 Å². The van der Waals surface area contributed by atoms with Gasteiger partial charge in [-0.1, -0.05) is 6.92 Å². The summed E-state index contributed by atoms with van der Waals surface area (Å²) < 4.78 is 0. The lowest BCUT2D eigenvalue weighted by Gasteiger charge is -2.29. The average molecular weight is 265 g/mol. The lowest BCUT2D eigenvalue weighted by molar-refractivity contribution is 0.199. The van der Waals surface area contributed by atoms with Crippen LogP contribution in [0.2, 0.25) is 0 Å². The first-order valence-corrected chi connectivity index (χ1v) is 8.56. The molecule has 3 rings (SSSR count). The Balaban J connectivity index is 1.51. The summed E-state index contributed by atoms with van der Waals surface area (Å²) in [6, 6.07) is 1.64.